The number of nitroso groups, excluding NO2 is 1. The topological polar surface area (TPSA) is 84.9 Å². The first-order chi connectivity index (χ1) is 4.22. The molecule has 5 nitrogen and oxygen atoms in total. The first-order valence-corrected chi connectivity index (χ1v) is 2.54. The lowest BCUT2D eigenvalue weighted by Crippen LogP contribution is -2.27. The van der Waals surface area contributed by atoms with E-state index in [-0.39, 0.29) is 6.61 Å². The molecule has 0 aliphatic carbocycles. The lowest BCUT2D eigenvalue weighted by atomic mass is 10.2. The van der Waals surface area contributed by atoms with Gasteiger partial charge < -0.3 is 9.94 Å². The molecule has 0 radical (unpaired) electrons. The van der Waals surface area contributed by atoms with Crippen molar-refractivity contribution in [3.05, 3.63) is 4.91 Å². The van der Waals surface area contributed by atoms with Gasteiger partial charge in [-0.05, 0) is 6.92 Å². The minimum atomic E-state index is -0.896. The molecule has 0 fully saturated rings. The van der Waals surface area contributed by atoms with E-state index < -0.39 is 12.1 Å². The molecule has 0 amide bonds. The van der Waals surface area contributed by atoms with Crippen molar-refractivity contribution >= 4 is 0 Å². The number of nitrogens with zero attached hydrogens (tertiary/aromatic N) is 1. The average molecular weight is 134 g/mol. The Morgan fingerprint density at radius 3 is 2.78 bits per heavy atom. The Hall–Kier alpha value is -0.520. The zero-order valence-corrected chi connectivity index (χ0v) is 5.15. The predicted octanol–water partition coefficient (Wildman–Crippen LogP) is -0.608. The Labute approximate surface area is 52.7 Å². The van der Waals surface area contributed by atoms with Crippen LogP contribution in [0.5, 0.6) is 0 Å². The van der Waals surface area contributed by atoms with Gasteiger partial charge >= 0.3 is 0 Å². The quantitative estimate of drug-likeness (QED) is 0.397. The molecule has 0 aromatic carbocycles. The van der Waals surface area contributed by atoms with Gasteiger partial charge in [0.1, 0.15) is 12.1 Å². The van der Waals surface area contributed by atoms with Crippen molar-refractivity contribution in [1.29, 1.82) is 0 Å². The van der Waals surface area contributed by atoms with Crippen LogP contribution in [0.3, 0.4) is 0 Å². The van der Waals surface area contributed by atoms with Crippen LogP contribution >= 0.6 is 0 Å². The molecule has 3 N–H and O–H groups in total. The fraction of sp³-hybridized carbons (Fsp3) is 1.00. The standard InChI is InChI=1S/C4H10N2O3/c1-3(6-8)4(7)2-9-5/h3-4,7H,2,5H2,1H3. The van der Waals surface area contributed by atoms with Crippen molar-refractivity contribution in [3.8, 4) is 0 Å². The Kier molecular flexibility index (Phi) is 4.12. The van der Waals surface area contributed by atoms with Crippen LogP contribution in [0, 0.1) is 4.91 Å². The lowest BCUT2D eigenvalue weighted by molar-refractivity contribution is 0.0263. The lowest BCUT2D eigenvalue weighted by Gasteiger charge is -2.08. The summed E-state index contributed by atoms with van der Waals surface area (Å²) in [6.45, 7) is 1.42. The Morgan fingerprint density at radius 2 is 2.44 bits per heavy atom. The summed E-state index contributed by atoms with van der Waals surface area (Å²) in [5.74, 6) is 4.62. The van der Waals surface area contributed by atoms with E-state index in [9.17, 15) is 4.91 Å². The molecule has 0 bridgehead atoms. The highest BCUT2D eigenvalue weighted by Crippen LogP contribution is 1.95. The molecule has 2 atom stereocenters. The van der Waals surface area contributed by atoms with Gasteiger partial charge in [-0.2, -0.15) is 4.91 Å². The van der Waals surface area contributed by atoms with Gasteiger partial charge in [-0.3, -0.25) is 0 Å². The molecule has 0 aliphatic heterocycles. The number of aliphatic hydroxyl groups is 1. The summed E-state index contributed by atoms with van der Waals surface area (Å²) in [7, 11) is 0. The Balaban J connectivity index is 3.44. The van der Waals surface area contributed by atoms with Gasteiger partial charge in [-0.1, -0.05) is 5.18 Å². The Bertz CT molecular complexity index is 87.9. The van der Waals surface area contributed by atoms with Crippen LogP contribution in [-0.2, 0) is 4.84 Å². The van der Waals surface area contributed by atoms with E-state index in [1.165, 1.54) is 6.92 Å². The van der Waals surface area contributed by atoms with Crippen LogP contribution in [0.4, 0.5) is 0 Å². The van der Waals surface area contributed by atoms with Crippen LogP contribution in [0.15, 0.2) is 5.18 Å². The molecule has 2 unspecified atom stereocenters. The smallest absolute Gasteiger partial charge is 0.117 e. The second kappa shape index (κ2) is 4.37. The number of rotatable bonds is 4. The minimum Gasteiger partial charge on any atom is -0.388 e. The maximum Gasteiger partial charge on any atom is 0.117 e. The number of aliphatic hydroxyl groups excluding tert-OH is 1. The molecule has 0 saturated carbocycles. The highest BCUT2D eigenvalue weighted by molar-refractivity contribution is 4.68. The van der Waals surface area contributed by atoms with Gasteiger partial charge in [0.05, 0.1) is 6.61 Å². The number of hydrogen-bond donors (Lipinski definition) is 2. The van der Waals surface area contributed by atoms with E-state index in [2.05, 4.69) is 15.9 Å². The summed E-state index contributed by atoms with van der Waals surface area (Å²) >= 11 is 0. The summed E-state index contributed by atoms with van der Waals surface area (Å²) in [4.78, 5) is 13.8. The zero-order valence-electron chi connectivity index (χ0n) is 5.15. The molecule has 0 spiro atoms. The predicted molar refractivity (Wildman–Crippen MR) is 31.4 cm³/mol. The molecule has 0 saturated heterocycles. The van der Waals surface area contributed by atoms with Crippen molar-refractivity contribution in [2.75, 3.05) is 6.61 Å². The molecule has 0 rings (SSSR count). The van der Waals surface area contributed by atoms with Crippen LogP contribution in [0.2, 0.25) is 0 Å². The molecule has 0 aliphatic rings. The average Bonchev–Trinajstić information content (AvgIpc) is 1.87. The highest BCUT2D eigenvalue weighted by Gasteiger charge is 2.13. The van der Waals surface area contributed by atoms with Crippen molar-refractivity contribution in [1.82, 2.24) is 0 Å². The van der Waals surface area contributed by atoms with E-state index in [4.69, 9.17) is 5.11 Å². The fourth-order valence-electron chi connectivity index (χ4n) is 0.308. The normalized spacial score (nSPS) is 16.8. The molecule has 54 valence electrons. The van der Waals surface area contributed by atoms with Gasteiger partial charge in [0.2, 0.25) is 0 Å². The molecular weight excluding hydrogens is 124 g/mol. The third-order valence-electron chi connectivity index (χ3n) is 0.990. The summed E-state index contributed by atoms with van der Waals surface area (Å²) in [6, 6.07) is -0.659. The van der Waals surface area contributed by atoms with Crippen LogP contribution in [0.25, 0.3) is 0 Å². The van der Waals surface area contributed by atoms with Crippen LogP contribution in [-0.4, -0.2) is 23.9 Å². The summed E-state index contributed by atoms with van der Waals surface area (Å²) < 4.78 is 0. The van der Waals surface area contributed by atoms with E-state index in [1.807, 2.05) is 0 Å². The number of nitrogens with two attached hydrogens (primary N) is 1. The number of hydrogen-bond acceptors (Lipinski definition) is 5. The van der Waals surface area contributed by atoms with Crippen molar-refractivity contribution < 1.29 is 9.94 Å². The van der Waals surface area contributed by atoms with Gasteiger partial charge in [0.15, 0.2) is 0 Å². The molecule has 0 heterocycles. The van der Waals surface area contributed by atoms with E-state index in [0.29, 0.717) is 0 Å². The highest BCUT2D eigenvalue weighted by atomic mass is 16.6. The third kappa shape index (κ3) is 3.12. The first kappa shape index (κ1) is 8.48. The van der Waals surface area contributed by atoms with Gasteiger partial charge in [0, 0.05) is 0 Å². The summed E-state index contributed by atoms with van der Waals surface area (Å²) in [5.41, 5.74) is 0. The van der Waals surface area contributed by atoms with Gasteiger partial charge in [0.25, 0.3) is 0 Å². The van der Waals surface area contributed by atoms with Crippen LogP contribution in [0.1, 0.15) is 6.92 Å². The molecule has 0 aromatic rings. The molecule has 0 aromatic heterocycles. The first-order valence-electron chi connectivity index (χ1n) is 2.54. The van der Waals surface area contributed by atoms with Gasteiger partial charge in [-0.25, -0.2) is 5.90 Å². The maximum atomic E-state index is 9.71. The van der Waals surface area contributed by atoms with Crippen LogP contribution < -0.4 is 5.90 Å². The minimum absolute atomic E-state index is 0.0626. The summed E-state index contributed by atoms with van der Waals surface area (Å²) in [5, 5.41) is 11.4. The van der Waals surface area contributed by atoms with E-state index >= 15 is 0 Å². The maximum absolute atomic E-state index is 9.71. The molecular formula is C4H10N2O3. The van der Waals surface area contributed by atoms with Crippen molar-refractivity contribution in [2.45, 2.75) is 19.1 Å². The van der Waals surface area contributed by atoms with Gasteiger partial charge in [-0.15, -0.1) is 0 Å². The summed E-state index contributed by atoms with van der Waals surface area (Å²) in [6.07, 6.45) is -0.896. The monoisotopic (exact) mass is 134 g/mol. The molecule has 9 heavy (non-hydrogen) atoms. The van der Waals surface area contributed by atoms with E-state index in [0.717, 1.165) is 0 Å². The van der Waals surface area contributed by atoms with Crippen molar-refractivity contribution in [3.63, 3.8) is 0 Å². The largest absolute Gasteiger partial charge is 0.388 e. The third-order valence-corrected chi connectivity index (χ3v) is 0.990. The molecule has 5 heteroatoms. The second-order valence-electron chi connectivity index (χ2n) is 1.75. The Morgan fingerprint density at radius 1 is 1.89 bits per heavy atom. The van der Waals surface area contributed by atoms with Crippen molar-refractivity contribution in [2.24, 2.45) is 11.1 Å². The second-order valence-corrected chi connectivity index (χ2v) is 1.75. The zero-order chi connectivity index (χ0) is 7.28. The SMILES string of the molecule is CC(N=O)C(O)CON. The van der Waals surface area contributed by atoms with E-state index in [1.54, 1.807) is 0 Å². The fourth-order valence-corrected chi connectivity index (χ4v) is 0.308.